The minimum absolute atomic E-state index is 0.137. The summed E-state index contributed by atoms with van der Waals surface area (Å²) in [5, 5.41) is 6.71. The number of fused-ring (bicyclic) bond motifs is 1. The molecule has 1 N–H and O–H groups in total. The Bertz CT molecular complexity index is 788. The van der Waals surface area contributed by atoms with Gasteiger partial charge in [0.2, 0.25) is 0 Å². The summed E-state index contributed by atoms with van der Waals surface area (Å²) in [6.45, 7) is 4.20. The van der Waals surface area contributed by atoms with Crippen molar-refractivity contribution in [2.75, 3.05) is 6.54 Å². The highest BCUT2D eigenvalue weighted by molar-refractivity contribution is 5.94. The molecule has 21 heavy (non-hydrogen) atoms. The van der Waals surface area contributed by atoms with E-state index in [1.54, 1.807) is 4.40 Å². The number of pyridine rings is 1. The summed E-state index contributed by atoms with van der Waals surface area (Å²) in [5.74, 6) is 0.630. The fourth-order valence-electron chi connectivity index (χ4n) is 2.30. The maximum Gasteiger partial charge on any atom is 0.270 e. The minimum Gasteiger partial charge on any atom is -0.361 e. The van der Waals surface area contributed by atoms with Gasteiger partial charge in [-0.05, 0) is 26.0 Å². The second-order valence-corrected chi connectivity index (χ2v) is 4.92. The first-order chi connectivity index (χ1) is 10.1. The maximum atomic E-state index is 12.3. The van der Waals surface area contributed by atoms with E-state index in [9.17, 15) is 4.79 Å². The van der Waals surface area contributed by atoms with Crippen molar-refractivity contribution < 1.29 is 9.32 Å². The fraction of sp³-hybridized carbons (Fsp3) is 0.267. The molecule has 6 heteroatoms. The van der Waals surface area contributed by atoms with Gasteiger partial charge in [-0.15, -0.1) is 0 Å². The second kappa shape index (κ2) is 5.40. The summed E-state index contributed by atoms with van der Waals surface area (Å²) in [5.41, 5.74) is 2.90. The number of imidazole rings is 1. The van der Waals surface area contributed by atoms with Gasteiger partial charge in [-0.2, -0.15) is 0 Å². The number of rotatable bonds is 4. The maximum absolute atomic E-state index is 12.3. The predicted molar refractivity (Wildman–Crippen MR) is 77.2 cm³/mol. The third-order valence-electron chi connectivity index (χ3n) is 3.25. The standard InChI is InChI=1S/C15H16N4O2/c1-10-9-12(21-18-10)6-7-16-15(20)14-11(2)17-13-5-3-4-8-19(13)14/h3-5,8-9H,6-7H2,1-2H3,(H,16,20). The molecule has 0 saturated carbocycles. The number of hydrogen-bond acceptors (Lipinski definition) is 4. The number of aryl methyl sites for hydroxylation is 2. The van der Waals surface area contributed by atoms with Gasteiger partial charge in [0.25, 0.3) is 5.91 Å². The molecular formula is C15H16N4O2. The van der Waals surface area contributed by atoms with Gasteiger partial charge in [0.05, 0.1) is 11.4 Å². The van der Waals surface area contributed by atoms with E-state index in [2.05, 4.69) is 15.5 Å². The summed E-state index contributed by atoms with van der Waals surface area (Å²) in [4.78, 5) is 16.7. The summed E-state index contributed by atoms with van der Waals surface area (Å²) >= 11 is 0. The lowest BCUT2D eigenvalue weighted by Gasteiger charge is -2.04. The van der Waals surface area contributed by atoms with Crippen LogP contribution >= 0.6 is 0 Å². The Balaban J connectivity index is 1.71. The second-order valence-electron chi connectivity index (χ2n) is 4.92. The first-order valence-corrected chi connectivity index (χ1v) is 6.79. The van der Waals surface area contributed by atoms with Crippen LogP contribution in [-0.4, -0.2) is 27.0 Å². The molecule has 0 saturated heterocycles. The third kappa shape index (κ3) is 2.65. The van der Waals surface area contributed by atoms with Crippen LogP contribution in [-0.2, 0) is 6.42 Å². The van der Waals surface area contributed by atoms with Crippen molar-refractivity contribution in [3.8, 4) is 0 Å². The van der Waals surface area contributed by atoms with E-state index in [0.717, 1.165) is 17.1 Å². The van der Waals surface area contributed by atoms with Gasteiger partial charge in [0.15, 0.2) is 0 Å². The Morgan fingerprint density at radius 1 is 1.38 bits per heavy atom. The number of amides is 1. The van der Waals surface area contributed by atoms with Crippen molar-refractivity contribution >= 4 is 11.6 Å². The van der Waals surface area contributed by atoms with Crippen LogP contribution in [0.2, 0.25) is 0 Å². The lowest BCUT2D eigenvalue weighted by Crippen LogP contribution is -2.27. The molecule has 108 valence electrons. The lowest BCUT2D eigenvalue weighted by atomic mass is 10.3. The van der Waals surface area contributed by atoms with Gasteiger partial charge in [0.1, 0.15) is 17.1 Å². The number of nitrogens with zero attached hydrogens (tertiary/aromatic N) is 3. The summed E-state index contributed by atoms with van der Waals surface area (Å²) in [6.07, 6.45) is 2.45. The van der Waals surface area contributed by atoms with Crippen molar-refractivity contribution in [3.05, 3.63) is 53.3 Å². The molecule has 0 aliphatic heterocycles. The van der Waals surface area contributed by atoms with E-state index >= 15 is 0 Å². The van der Waals surface area contributed by atoms with Gasteiger partial charge >= 0.3 is 0 Å². The van der Waals surface area contributed by atoms with Crippen LogP contribution in [0, 0.1) is 13.8 Å². The molecule has 0 atom stereocenters. The van der Waals surface area contributed by atoms with Crippen LogP contribution in [0.4, 0.5) is 0 Å². The van der Waals surface area contributed by atoms with Crippen LogP contribution in [0.5, 0.6) is 0 Å². The van der Waals surface area contributed by atoms with E-state index in [0.29, 0.717) is 24.4 Å². The Hall–Kier alpha value is -2.63. The minimum atomic E-state index is -0.137. The molecule has 0 fully saturated rings. The number of carbonyl (C=O) groups is 1. The van der Waals surface area contributed by atoms with Crippen LogP contribution in [0.15, 0.2) is 35.0 Å². The molecule has 3 aromatic heterocycles. The molecule has 3 heterocycles. The van der Waals surface area contributed by atoms with Crippen LogP contribution < -0.4 is 5.32 Å². The van der Waals surface area contributed by atoms with Crippen molar-refractivity contribution in [2.24, 2.45) is 0 Å². The third-order valence-corrected chi connectivity index (χ3v) is 3.25. The Labute approximate surface area is 121 Å². The van der Waals surface area contributed by atoms with Crippen molar-refractivity contribution in [1.29, 1.82) is 0 Å². The normalized spacial score (nSPS) is 11.0. The van der Waals surface area contributed by atoms with Gasteiger partial charge < -0.3 is 9.84 Å². The molecule has 0 bridgehead atoms. The molecule has 0 radical (unpaired) electrons. The molecule has 0 aliphatic rings. The average Bonchev–Trinajstić information content (AvgIpc) is 3.01. The zero-order valence-corrected chi connectivity index (χ0v) is 12.0. The number of nitrogens with one attached hydrogen (secondary N) is 1. The lowest BCUT2D eigenvalue weighted by molar-refractivity contribution is 0.0947. The molecule has 6 nitrogen and oxygen atoms in total. The van der Waals surface area contributed by atoms with E-state index in [4.69, 9.17) is 4.52 Å². The zero-order chi connectivity index (χ0) is 14.8. The van der Waals surface area contributed by atoms with Crippen LogP contribution in [0.3, 0.4) is 0 Å². The largest absolute Gasteiger partial charge is 0.361 e. The molecule has 3 rings (SSSR count). The van der Waals surface area contributed by atoms with Gasteiger partial charge in [-0.3, -0.25) is 9.20 Å². The van der Waals surface area contributed by atoms with Gasteiger partial charge in [0, 0.05) is 25.2 Å². The molecule has 0 unspecified atom stereocenters. The fourth-order valence-corrected chi connectivity index (χ4v) is 2.30. The van der Waals surface area contributed by atoms with E-state index in [1.165, 1.54) is 0 Å². The molecule has 0 spiro atoms. The van der Waals surface area contributed by atoms with Gasteiger partial charge in [-0.25, -0.2) is 4.98 Å². The Morgan fingerprint density at radius 3 is 3.00 bits per heavy atom. The molecule has 0 aliphatic carbocycles. The first kappa shape index (κ1) is 13.4. The Morgan fingerprint density at radius 2 is 2.24 bits per heavy atom. The van der Waals surface area contributed by atoms with Crippen LogP contribution in [0.1, 0.15) is 27.6 Å². The highest BCUT2D eigenvalue weighted by Crippen LogP contribution is 2.11. The van der Waals surface area contributed by atoms with Crippen molar-refractivity contribution in [3.63, 3.8) is 0 Å². The highest BCUT2D eigenvalue weighted by Gasteiger charge is 2.15. The first-order valence-electron chi connectivity index (χ1n) is 6.79. The summed E-state index contributed by atoms with van der Waals surface area (Å²) < 4.78 is 6.91. The number of aromatic nitrogens is 3. The van der Waals surface area contributed by atoms with Crippen molar-refractivity contribution in [1.82, 2.24) is 19.9 Å². The monoisotopic (exact) mass is 284 g/mol. The van der Waals surface area contributed by atoms with Crippen LogP contribution in [0.25, 0.3) is 5.65 Å². The number of hydrogen-bond donors (Lipinski definition) is 1. The van der Waals surface area contributed by atoms with E-state index in [-0.39, 0.29) is 5.91 Å². The molecule has 3 aromatic rings. The van der Waals surface area contributed by atoms with E-state index < -0.39 is 0 Å². The summed E-state index contributed by atoms with van der Waals surface area (Å²) in [7, 11) is 0. The van der Waals surface area contributed by atoms with E-state index in [1.807, 2.05) is 44.3 Å². The average molecular weight is 284 g/mol. The van der Waals surface area contributed by atoms with Crippen molar-refractivity contribution in [2.45, 2.75) is 20.3 Å². The smallest absolute Gasteiger partial charge is 0.270 e. The zero-order valence-electron chi connectivity index (χ0n) is 12.0. The topological polar surface area (TPSA) is 72.4 Å². The number of carbonyl (C=O) groups excluding carboxylic acids is 1. The molecule has 1 amide bonds. The predicted octanol–water partition coefficient (Wildman–Crippen LogP) is 1.91. The molecular weight excluding hydrogens is 268 g/mol. The summed E-state index contributed by atoms with van der Waals surface area (Å²) in [6, 6.07) is 7.52. The highest BCUT2D eigenvalue weighted by atomic mass is 16.5. The van der Waals surface area contributed by atoms with Gasteiger partial charge in [-0.1, -0.05) is 11.2 Å². The quantitative estimate of drug-likeness (QED) is 0.794. The SMILES string of the molecule is Cc1cc(CCNC(=O)c2c(C)nc3ccccn23)on1. The Kier molecular flexibility index (Phi) is 3.43. The molecule has 0 aromatic carbocycles.